The lowest BCUT2D eigenvalue weighted by atomic mass is 10.1. The zero-order chi connectivity index (χ0) is 13.5. The van der Waals surface area contributed by atoms with Crippen LogP contribution >= 0.6 is 11.3 Å². The van der Waals surface area contributed by atoms with Crippen LogP contribution in [0.5, 0.6) is 0 Å². The number of hydrogen-bond donors (Lipinski definition) is 3. The standard InChI is InChI=1S/C12H18N2O3S/c1-2-8-3-4-9(18-8)7-14-12(17)10(13)5-6-11(15)16/h3-4,10H,2,5-7,13H2,1H3,(H,14,17)(H,15,16). The zero-order valence-electron chi connectivity index (χ0n) is 10.3. The average Bonchev–Trinajstić information content (AvgIpc) is 2.80. The largest absolute Gasteiger partial charge is 0.481 e. The lowest BCUT2D eigenvalue weighted by Crippen LogP contribution is -2.40. The molecule has 0 aliphatic carbocycles. The molecule has 0 saturated carbocycles. The van der Waals surface area contributed by atoms with Gasteiger partial charge in [0.05, 0.1) is 12.6 Å². The van der Waals surface area contributed by atoms with Crippen LogP contribution in [0.2, 0.25) is 0 Å². The van der Waals surface area contributed by atoms with E-state index in [2.05, 4.69) is 12.2 Å². The van der Waals surface area contributed by atoms with Gasteiger partial charge in [0, 0.05) is 16.2 Å². The van der Waals surface area contributed by atoms with Crippen LogP contribution in [-0.2, 0) is 22.6 Å². The SMILES string of the molecule is CCc1ccc(CNC(=O)C(N)CCC(=O)O)s1. The van der Waals surface area contributed by atoms with Crippen molar-refractivity contribution in [3.63, 3.8) is 0 Å². The van der Waals surface area contributed by atoms with E-state index in [-0.39, 0.29) is 18.7 Å². The molecule has 0 aliphatic heterocycles. The van der Waals surface area contributed by atoms with Crippen molar-refractivity contribution in [1.29, 1.82) is 0 Å². The molecule has 1 atom stereocenters. The van der Waals surface area contributed by atoms with Crippen molar-refractivity contribution >= 4 is 23.2 Å². The number of rotatable bonds is 7. The molecule has 4 N–H and O–H groups in total. The van der Waals surface area contributed by atoms with Crippen LogP contribution in [0.4, 0.5) is 0 Å². The highest BCUT2D eigenvalue weighted by Gasteiger charge is 2.14. The van der Waals surface area contributed by atoms with Gasteiger partial charge in [-0.05, 0) is 25.0 Å². The van der Waals surface area contributed by atoms with Gasteiger partial charge in [-0.3, -0.25) is 9.59 Å². The first kappa shape index (κ1) is 14.7. The Hall–Kier alpha value is -1.40. The van der Waals surface area contributed by atoms with Crippen molar-refractivity contribution in [2.45, 2.75) is 38.8 Å². The zero-order valence-corrected chi connectivity index (χ0v) is 11.1. The first-order chi connectivity index (χ1) is 8.52. The summed E-state index contributed by atoms with van der Waals surface area (Å²) in [5.41, 5.74) is 5.59. The van der Waals surface area contributed by atoms with Crippen LogP contribution in [0.1, 0.15) is 29.5 Å². The minimum atomic E-state index is -0.941. The van der Waals surface area contributed by atoms with E-state index in [4.69, 9.17) is 10.8 Å². The Morgan fingerprint density at radius 3 is 2.67 bits per heavy atom. The molecule has 1 unspecified atom stereocenters. The number of carbonyl (C=O) groups excluding carboxylic acids is 1. The van der Waals surface area contributed by atoms with E-state index in [9.17, 15) is 9.59 Å². The second kappa shape index (κ2) is 7.13. The normalized spacial score (nSPS) is 12.1. The molecule has 1 amide bonds. The van der Waals surface area contributed by atoms with Crippen molar-refractivity contribution in [2.24, 2.45) is 5.73 Å². The van der Waals surface area contributed by atoms with E-state index in [1.807, 2.05) is 12.1 Å². The summed E-state index contributed by atoms with van der Waals surface area (Å²) < 4.78 is 0. The van der Waals surface area contributed by atoms with Crippen molar-refractivity contribution in [1.82, 2.24) is 5.32 Å². The molecule has 1 rings (SSSR count). The minimum Gasteiger partial charge on any atom is -0.481 e. The number of aryl methyl sites for hydroxylation is 1. The third-order valence-electron chi connectivity index (χ3n) is 2.51. The number of carbonyl (C=O) groups is 2. The number of amides is 1. The Labute approximate surface area is 110 Å². The minimum absolute atomic E-state index is 0.0897. The van der Waals surface area contributed by atoms with Gasteiger partial charge in [-0.25, -0.2) is 0 Å². The number of thiophene rings is 1. The summed E-state index contributed by atoms with van der Waals surface area (Å²) in [5.74, 6) is -1.24. The number of carboxylic acid groups (broad SMARTS) is 1. The Morgan fingerprint density at radius 1 is 1.44 bits per heavy atom. The molecule has 1 aromatic rings. The predicted octanol–water partition coefficient (Wildman–Crippen LogP) is 1.12. The van der Waals surface area contributed by atoms with Crippen molar-refractivity contribution in [3.05, 3.63) is 21.9 Å². The van der Waals surface area contributed by atoms with Gasteiger partial charge in [-0.1, -0.05) is 6.92 Å². The van der Waals surface area contributed by atoms with Crippen LogP contribution < -0.4 is 11.1 Å². The molecule has 5 nitrogen and oxygen atoms in total. The summed E-state index contributed by atoms with van der Waals surface area (Å²) in [6, 6.07) is 3.26. The quantitative estimate of drug-likeness (QED) is 0.692. The highest BCUT2D eigenvalue weighted by Crippen LogP contribution is 2.16. The molecule has 18 heavy (non-hydrogen) atoms. The third-order valence-corrected chi connectivity index (χ3v) is 3.74. The van der Waals surface area contributed by atoms with Gasteiger partial charge in [-0.2, -0.15) is 0 Å². The highest BCUT2D eigenvalue weighted by atomic mass is 32.1. The fourth-order valence-electron chi connectivity index (χ4n) is 1.42. The number of carboxylic acids is 1. The Bertz CT molecular complexity index is 417. The third kappa shape index (κ3) is 4.85. The predicted molar refractivity (Wildman–Crippen MR) is 70.4 cm³/mol. The molecule has 1 aromatic heterocycles. The maximum Gasteiger partial charge on any atom is 0.303 e. The number of aliphatic carboxylic acids is 1. The van der Waals surface area contributed by atoms with Crippen LogP contribution in [0.3, 0.4) is 0 Å². The molecule has 0 radical (unpaired) electrons. The number of hydrogen-bond acceptors (Lipinski definition) is 4. The van der Waals surface area contributed by atoms with Gasteiger partial charge in [0.25, 0.3) is 0 Å². The average molecular weight is 270 g/mol. The fraction of sp³-hybridized carbons (Fsp3) is 0.500. The van der Waals surface area contributed by atoms with Crippen LogP contribution in [0, 0.1) is 0 Å². The molecule has 100 valence electrons. The van der Waals surface area contributed by atoms with Gasteiger partial charge in [0.15, 0.2) is 0 Å². The second-order valence-electron chi connectivity index (χ2n) is 3.98. The lowest BCUT2D eigenvalue weighted by Gasteiger charge is -2.10. The lowest BCUT2D eigenvalue weighted by molar-refractivity contribution is -0.137. The van der Waals surface area contributed by atoms with Crippen molar-refractivity contribution in [2.75, 3.05) is 0 Å². The molecular formula is C12H18N2O3S. The van der Waals surface area contributed by atoms with Gasteiger partial charge in [0.1, 0.15) is 0 Å². The first-order valence-electron chi connectivity index (χ1n) is 5.85. The number of nitrogens with two attached hydrogens (primary N) is 1. The molecular weight excluding hydrogens is 252 g/mol. The van der Waals surface area contributed by atoms with Crippen molar-refractivity contribution in [3.8, 4) is 0 Å². The summed E-state index contributed by atoms with van der Waals surface area (Å²) in [6.07, 6.45) is 1.05. The molecule has 1 heterocycles. The monoisotopic (exact) mass is 270 g/mol. The Kier molecular flexibility index (Phi) is 5.80. The van der Waals surface area contributed by atoms with Gasteiger partial charge < -0.3 is 16.2 Å². The molecule has 0 aromatic carbocycles. The molecule has 6 heteroatoms. The first-order valence-corrected chi connectivity index (χ1v) is 6.67. The van der Waals surface area contributed by atoms with E-state index in [1.54, 1.807) is 11.3 Å². The Morgan fingerprint density at radius 2 is 2.11 bits per heavy atom. The molecule has 0 spiro atoms. The van der Waals surface area contributed by atoms with Gasteiger partial charge in [0.2, 0.25) is 5.91 Å². The maximum atomic E-state index is 11.6. The van der Waals surface area contributed by atoms with E-state index in [1.165, 1.54) is 4.88 Å². The molecule has 0 aliphatic rings. The van der Waals surface area contributed by atoms with E-state index < -0.39 is 12.0 Å². The van der Waals surface area contributed by atoms with E-state index in [0.29, 0.717) is 6.54 Å². The molecule has 0 saturated heterocycles. The van der Waals surface area contributed by atoms with E-state index >= 15 is 0 Å². The number of nitrogens with one attached hydrogen (secondary N) is 1. The summed E-state index contributed by atoms with van der Waals surface area (Å²) in [4.78, 5) is 24.3. The van der Waals surface area contributed by atoms with E-state index in [0.717, 1.165) is 11.3 Å². The van der Waals surface area contributed by atoms with Crippen LogP contribution in [-0.4, -0.2) is 23.0 Å². The highest BCUT2D eigenvalue weighted by molar-refractivity contribution is 7.11. The topological polar surface area (TPSA) is 92.4 Å². The molecule has 0 bridgehead atoms. The smallest absolute Gasteiger partial charge is 0.303 e. The fourth-order valence-corrected chi connectivity index (χ4v) is 2.32. The second-order valence-corrected chi connectivity index (χ2v) is 5.23. The molecule has 0 fully saturated rings. The van der Waals surface area contributed by atoms with Crippen molar-refractivity contribution < 1.29 is 14.7 Å². The van der Waals surface area contributed by atoms with Crippen LogP contribution in [0.15, 0.2) is 12.1 Å². The summed E-state index contributed by atoms with van der Waals surface area (Å²) in [6.45, 7) is 2.53. The van der Waals surface area contributed by atoms with Crippen LogP contribution in [0.25, 0.3) is 0 Å². The summed E-state index contributed by atoms with van der Waals surface area (Å²) >= 11 is 1.66. The van der Waals surface area contributed by atoms with Gasteiger partial charge >= 0.3 is 5.97 Å². The summed E-state index contributed by atoms with van der Waals surface area (Å²) in [7, 11) is 0. The summed E-state index contributed by atoms with van der Waals surface area (Å²) in [5, 5.41) is 11.2. The maximum absolute atomic E-state index is 11.6. The van der Waals surface area contributed by atoms with Gasteiger partial charge in [-0.15, -0.1) is 11.3 Å². The Balaban J connectivity index is 2.33.